The summed E-state index contributed by atoms with van der Waals surface area (Å²) in [5.41, 5.74) is 0.422. The number of para-hydroxylation sites is 1. The van der Waals surface area contributed by atoms with Crippen LogP contribution in [0.2, 0.25) is 0 Å². The molecule has 76 valence electrons. The highest BCUT2D eigenvalue weighted by Gasteiger charge is 2.32. The second-order valence-electron chi connectivity index (χ2n) is 3.14. The molecule has 0 bridgehead atoms. The van der Waals surface area contributed by atoms with Gasteiger partial charge >= 0.3 is 6.09 Å². The number of ketones is 2. The molecule has 0 spiro atoms. The van der Waals surface area contributed by atoms with Crippen LogP contribution in [-0.2, 0) is 4.79 Å². The van der Waals surface area contributed by atoms with Crippen molar-refractivity contribution in [1.82, 2.24) is 0 Å². The van der Waals surface area contributed by atoms with Crippen molar-refractivity contribution in [1.29, 1.82) is 0 Å². The fraction of sp³-hybridized carbons (Fsp3) is 0.100. The minimum Gasteiger partial charge on any atom is -0.465 e. The third kappa shape index (κ3) is 1.38. The summed E-state index contributed by atoms with van der Waals surface area (Å²) in [6.07, 6.45) is -1.23. The monoisotopic (exact) mass is 205 g/mol. The Hall–Kier alpha value is -2.17. The molecule has 0 saturated carbocycles. The summed E-state index contributed by atoms with van der Waals surface area (Å²) in [6.45, 7) is -0.398. The Morgan fingerprint density at radius 3 is 2.60 bits per heavy atom. The number of Topliss-reactive ketones (excluding diaryl/α,β-unsaturated/α-hetero) is 2. The molecule has 0 atom stereocenters. The van der Waals surface area contributed by atoms with Gasteiger partial charge in [0.2, 0.25) is 11.6 Å². The zero-order valence-corrected chi connectivity index (χ0v) is 7.64. The fourth-order valence-electron chi connectivity index (χ4n) is 1.52. The Kier molecular flexibility index (Phi) is 2.00. The molecule has 1 aliphatic rings. The molecule has 0 fully saturated rings. The average Bonchev–Trinajstić information content (AvgIpc) is 2.23. The van der Waals surface area contributed by atoms with Gasteiger partial charge < -0.3 is 5.11 Å². The van der Waals surface area contributed by atoms with Crippen LogP contribution in [0.1, 0.15) is 10.4 Å². The first-order chi connectivity index (χ1) is 7.11. The van der Waals surface area contributed by atoms with E-state index in [1.54, 1.807) is 12.1 Å². The van der Waals surface area contributed by atoms with Crippen molar-refractivity contribution < 1.29 is 19.5 Å². The molecule has 5 nitrogen and oxygen atoms in total. The summed E-state index contributed by atoms with van der Waals surface area (Å²) < 4.78 is 0. The van der Waals surface area contributed by atoms with Crippen molar-refractivity contribution in [3.8, 4) is 0 Å². The Bertz CT molecular complexity index is 466. The fourth-order valence-corrected chi connectivity index (χ4v) is 1.52. The summed E-state index contributed by atoms with van der Waals surface area (Å²) in [4.78, 5) is 34.3. The molecule has 2 rings (SSSR count). The largest absolute Gasteiger partial charge is 0.465 e. The van der Waals surface area contributed by atoms with Crippen molar-refractivity contribution in [2.45, 2.75) is 0 Å². The van der Waals surface area contributed by atoms with Crippen LogP contribution >= 0.6 is 0 Å². The van der Waals surface area contributed by atoms with Gasteiger partial charge in [0.25, 0.3) is 0 Å². The van der Waals surface area contributed by atoms with Crippen LogP contribution < -0.4 is 4.90 Å². The first-order valence-electron chi connectivity index (χ1n) is 4.28. The molecule has 0 aliphatic carbocycles. The summed E-state index contributed by atoms with van der Waals surface area (Å²) >= 11 is 0. The summed E-state index contributed by atoms with van der Waals surface area (Å²) in [6, 6.07) is 6.17. The normalized spacial score (nSPS) is 15.1. The molecule has 0 unspecified atom stereocenters. The number of hydrogen-bond acceptors (Lipinski definition) is 3. The Morgan fingerprint density at radius 1 is 1.27 bits per heavy atom. The lowest BCUT2D eigenvalue weighted by Gasteiger charge is -2.24. The number of amides is 1. The summed E-state index contributed by atoms with van der Waals surface area (Å²) in [5.74, 6) is -1.32. The maximum atomic E-state index is 11.4. The second-order valence-corrected chi connectivity index (χ2v) is 3.14. The highest BCUT2D eigenvalue weighted by molar-refractivity contribution is 6.48. The van der Waals surface area contributed by atoms with E-state index in [-0.39, 0.29) is 11.3 Å². The third-order valence-electron chi connectivity index (χ3n) is 2.23. The smallest absolute Gasteiger partial charge is 0.412 e. The number of fused-ring (bicyclic) bond motifs is 1. The second kappa shape index (κ2) is 3.20. The molecule has 1 aromatic carbocycles. The van der Waals surface area contributed by atoms with Gasteiger partial charge in [0, 0.05) is 5.56 Å². The molecule has 0 aromatic heterocycles. The summed E-state index contributed by atoms with van der Waals surface area (Å²) in [7, 11) is 0. The third-order valence-corrected chi connectivity index (χ3v) is 2.23. The molecule has 1 aromatic rings. The topological polar surface area (TPSA) is 74.7 Å². The lowest BCUT2D eigenvalue weighted by Crippen LogP contribution is -2.42. The van der Waals surface area contributed by atoms with Crippen molar-refractivity contribution in [3.05, 3.63) is 29.8 Å². The number of carbonyl (C=O) groups excluding carboxylic acids is 2. The van der Waals surface area contributed by atoms with Gasteiger partial charge in [-0.3, -0.25) is 14.5 Å². The SMILES string of the molecule is O=C1CN(C(=O)O)c2ccccc2C1=O. The van der Waals surface area contributed by atoms with Gasteiger partial charge in [-0.05, 0) is 12.1 Å². The van der Waals surface area contributed by atoms with Gasteiger partial charge in [-0.1, -0.05) is 12.1 Å². The van der Waals surface area contributed by atoms with Gasteiger partial charge in [0.1, 0.15) is 0 Å². The van der Waals surface area contributed by atoms with Crippen molar-refractivity contribution in [2.75, 3.05) is 11.4 Å². The standard InChI is InChI=1S/C10H7NO4/c12-8-5-11(10(14)15)7-4-2-1-3-6(7)9(8)13/h1-4H,5H2,(H,14,15). The van der Waals surface area contributed by atoms with Crippen LogP contribution in [0, 0.1) is 0 Å². The van der Waals surface area contributed by atoms with Crippen LogP contribution in [0.15, 0.2) is 24.3 Å². The predicted molar refractivity (Wildman–Crippen MR) is 51.2 cm³/mol. The van der Waals surface area contributed by atoms with Gasteiger partial charge in [0.05, 0.1) is 12.2 Å². The van der Waals surface area contributed by atoms with Crippen LogP contribution in [-0.4, -0.2) is 29.3 Å². The number of benzene rings is 1. The molecule has 15 heavy (non-hydrogen) atoms. The number of carboxylic acid groups (broad SMARTS) is 1. The van der Waals surface area contributed by atoms with Crippen molar-refractivity contribution in [2.24, 2.45) is 0 Å². The first-order valence-corrected chi connectivity index (χ1v) is 4.28. The van der Waals surface area contributed by atoms with E-state index < -0.39 is 24.2 Å². The molecule has 1 N–H and O–H groups in total. The molecule has 0 radical (unpaired) electrons. The highest BCUT2D eigenvalue weighted by atomic mass is 16.4. The van der Waals surface area contributed by atoms with Crippen LogP contribution in [0.3, 0.4) is 0 Å². The zero-order chi connectivity index (χ0) is 11.0. The van der Waals surface area contributed by atoms with E-state index in [9.17, 15) is 14.4 Å². The molecule has 1 heterocycles. The Labute approximate surface area is 84.9 Å². The van der Waals surface area contributed by atoms with Gasteiger partial charge in [-0.15, -0.1) is 0 Å². The van der Waals surface area contributed by atoms with Crippen LogP contribution in [0.4, 0.5) is 10.5 Å². The average molecular weight is 205 g/mol. The molecule has 1 amide bonds. The quantitative estimate of drug-likeness (QED) is 0.639. The van der Waals surface area contributed by atoms with E-state index in [2.05, 4.69) is 0 Å². The van der Waals surface area contributed by atoms with E-state index in [1.807, 2.05) is 0 Å². The molecule has 5 heteroatoms. The lowest BCUT2D eigenvalue weighted by molar-refractivity contribution is -0.114. The number of nitrogens with zero attached hydrogens (tertiary/aromatic N) is 1. The number of hydrogen-bond donors (Lipinski definition) is 1. The maximum Gasteiger partial charge on any atom is 0.412 e. The van der Waals surface area contributed by atoms with Gasteiger partial charge in [-0.25, -0.2) is 4.79 Å². The Morgan fingerprint density at radius 2 is 1.93 bits per heavy atom. The molecular weight excluding hydrogens is 198 g/mol. The van der Waals surface area contributed by atoms with Crippen LogP contribution in [0.25, 0.3) is 0 Å². The maximum absolute atomic E-state index is 11.4. The van der Waals surface area contributed by atoms with Crippen molar-refractivity contribution in [3.63, 3.8) is 0 Å². The van der Waals surface area contributed by atoms with E-state index >= 15 is 0 Å². The van der Waals surface area contributed by atoms with E-state index in [0.717, 1.165) is 4.90 Å². The number of carbonyl (C=O) groups is 3. The van der Waals surface area contributed by atoms with Crippen LogP contribution in [0.5, 0.6) is 0 Å². The van der Waals surface area contributed by atoms with E-state index in [0.29, 0.717) is 0 Å². The van der Waals surface area contributed by atoms with Gasteiger partial charge in [-0.2, -0.15) is 0 Å². The molecule has 1 aliphatic heterocycles. The highest BCUT2D eigenvalue weighted by Crippen LogP contribution is 2.25. The number of rotatable bonds is 0. The van der Waals surface area contributed by atoms with Gasteiger partial charge in [0.15, 0.2) is 0 Å². The van der Waals surface area contributed by atoms with E-state index in [4.69, 9.17) is 5.11 Å². The van der Waals surface area contributed by atoms with E-state index in [1.165, 1.54) is 12.1 Å². The minimum atomic E-state index is -1.23. The van der Waals surface area contributed by atoms with Crippen molar-refractivity contribution >= 4 is 23.3 Å². The first kappa shape index (κ1) is 9.39. The zero-order valence-electron chi connectivity index (χ0n) is 7.64. The number of anilines is 1. The Balaban J connectivity index is 2.59. The minimum absolute atomic E-state index is 0.149. The summed E-state index contributed by atoms with van der Waals surface area (Å²) in [5, 5.41) is 8.85. The molecular formula is C10H7NO4. The lowest BCUT2D eigenvalue weighted by atomic mass is 10.00. The predicted octanol–water partition coefficient (Wildman–Crippen LogP) is 0.936. The molecule has 0 saturated heterocycles.